The molecule has 0 rings (SSSR count). The van der Waals surface area contributed by atoms with Crippen molar-refractivity contribution in [3.05, 3.63) is 24.4 Å². The number of hydrogen-bond donors (Lipinski definition) is 0. The van der Waals surface area contributed by atoms with Crippen LogP contribution in [0, 0.1) is 5.41 Å². The number of hydrogen-bond acceptors (Lipinski definition) is 1. The van der Waals surface area contributed by atoms with Gasteiger partial charge in [-0.2, -0.15) is 0 Å². The van der Waals surface area contributed by atoms with Gasteiger partial charge in [0.15, 0.2) is 0 Å². The smallest absolute Gasteiger partial charge is 0.0417 e. The molecule has 0 unspecified atom stereocenters. The van der Waals surface area contributed by atoms with Crippen molar-refractivity contribution in [1.82, 2.24) is 0 Å². The second kappa shape index (κ2) is 4.24. The van der Waals surface area contributed by atoms with Gasteiger partial charge >= 0.3 is 0 Å². The summed E-state index contributed by atoms with van der Waals surface area (Å²) in [5.74, 6) is 0. The largest absolute Gasteiger partial charge is 0.258 e. The molecule has 0 saturated heterocycles. The van der Waals surface area contributed by atoms with Crippen LogP contribution >= 0.6 is 0 Å². The maximum absolute atomic E-state index is 4.44. The van der Waals surface area contributed by atoms with Gasteiger partial charge < -0.3 is 0 Å². The van der Waals surface area contributed by atoms with Crippen LogP contribution in [0.2, 0.25) is 0 Å². The number of allylic oxidation sites excluding steroid dienone is 3. The van der Waals surface area contributed by atoms with E-state index in [1.165, 1.54) is 0 Å². The van der Waals surface area contributed by atoms with E-state index in [0.29, 0.717) is 0 Å². The minimum absolute atomic E-state index is 0.124. The van der Waals surface area contributed by atoms with Crippen LogP contribution in [-0.4, -0.2) is 5.71 Å². The minimum Gasteiger partial charge on any atom is -0.258 e. The van der Waals surface area contributed by atoms with Gasteiger partial charge in [-0.05, 0) is 19.9 Å². The van der Waals surface area contributed by atoms with E-state index in [1.54, 1.807) is 6.08 Å². The fraction of sp³-hybridized carbons (Fsp3) is 0.545. The first-order valence-electron chi connectivity index (χ1n) is 4.26. The molecule has 0 N–H and O–H groups in total. The summed E-state index contributed by atoms with van der Waals surface area (Å²) < 4.78 is 0. The van der Waals surface area contributed by atoms with Gasteiger partial charge in [0, 0.05) is 16.8 Å². The lowest BCUT2D eigenvalue weighted by Crippen LogP contribution is -2.08. The summed E-state index contributed by atoms with van der Waals surface area (Å²) in [5.41, 5.74) is 2.21. The minimum atomic E-state index is 0.124. The molecule has 0 atom stereocenters. The molecule has 0 aliphatic rings. The third-order valence-electron chi connectivity index (χ3n) is 1.63. The van der Waals surface area contributed by atoms with Crippen molar-refractivity contribution in [2.75, 3.05) is 0 Å². The zero-order chi connectivity index (χ0) is 9.78. The van der Waals surface area contributed by atoms with Crippen LogP contribution in [0.15, 0.2) is 29.4 Å². The van der Waals surface area contributed by atoms with Crippen molar-refractivity contribution in [3.63, 3.8) is 0 Å². The Kier molecular flexibility index (Phi) is 3.94. The highest BCUT2D eigenvalue weighted by atomic mass is 14.8. The summed E-state index contributed by atoms with van der Waals surface area (Å²) in [7, 11) is 0. The lowest BCUT2D eigenvalue weighted by atomic mass is 9.92. The zero-order valence-corrected chi connectivity index (χ0v) is 8.81. The maximum Gasteiger partial charge on any atom is 0.0417 e. The average molecular weight is 165 g/mol. The molecule has 0 heterocycles. The first-order valence-corrected chi connectivity index (χ1v) is 4.26. The Hall–Kier alpha value is -0.850. The highest BCUT2D eigenvalue weighted by Crippen LogP contribution is 2.26. The van der Waals surface area contributed by atoms with Gasteiger partial charge in [-0.1, -0.05) is 33.4 Å². The van der Waals surface area contributed by atoms with Crippen LogP contribution in [0.3, 0.4) is 0 Å². The van der Waals surface area contributed by atoms with Crippen molar-refractivity contribution >= 4 is 5.71 Å². The van der Waals surface area contributed by atoms with Gasteiger partial charge in [0.1, 0.15) is 0 Å². The first kappa shape index (κ1) is 11.2. The fourth-order valence-corrected chi connectivity index (χ4v) is 0.901. The molecule has 0 aromatic rings. The topological polar surface area (TPSA) is 12.4 Å². The predicted molar refractivity (Wildman–Crippen MR) is 56.5 cm³/mol. The predicted octanol–water partition coefficient (Wildman–Crippen LogP) is 3.58. The highest BCUT2D eigenvalue weighted by Gasteiger charge is 2.14. The summed E-state index contributed by atoms with van der Waals surface area (Å²) in [6, 6.07) is 0. The van der Waals surface area contributed by atoms with Crippen molar-refractivity contribution < 1.29 is 0 Å². The molecular formula is C11H19N. The van der Waals surface area contributed by atoms with Crippen LogP contribution in [0.5, 0.6) is 0 Å². The van der Waals surface area contributed by atoms with Crippen LogP contribution in [-0.2, 0) is 0 Å². The van der Waals surface area contributed by atoms with Crippen molar-refractivity contribution in [2.45, 2.75) is 34.6 Å². The van der Waals surface area contributed by atoms with Gasteiger partial charge in [-0.15, -0.1) is 0 Å². The normalized spacial score (nSPS) is 14.8. The van der Waals surface area contributed by atoms with E-state index in [2.05, 4.69) is 32.3 Å². The molecule has 0 saturated carbocycles. The Morgan fingerprint density at radius 2 is 1.83 bits per heavy atom. The summed E-state index contributed by atoms with van der Waals surface area (Å²) in [6.07, 6.45) is 3.82. The fourth-order valence-electron chi connectivity index (χ4n) is 0.901. The monoisotopic (exact) mass is 165 g/mol. The summed E-state index contributed by atoms with van der Waals surface area (Å²) >= 11 is 0. The maximum atomic E-state index is 4.44. The zero-order valence-electron chi connectivity index (χ0n) is 8.81. The lowest BCUT2D eigenvalue weighted by Gasteiger charge is -2.19. The van der Waals surface area contributed by atoms with Crippen molar-refractivity contribution in [2.24, 2.45) is 10.4 Å². The molecule has 68 valence electrons. The van der Waals surface area contributed by atoms with E-state index in [4.69, 9.17) is 0 Å². The number of nitrogens with zero attached hydrogens (tertiary/aromatic N) is 1. The lowest BCUT2D eigenvalue weighted by molar-refractivity contribution is 0.497. The van der Waals surface area contributed by atoms with Crippen molar-refractivity contribution in [1.29, 1.82) is 0 Å². The van der Waals surface area contributed by atoms with Gasteiger partial charge in [0.25, 0.3) is 0 Å². The Labute approximate surface area is 75.9 Å². The summed E-state index contributed by atoms with van der Waals surface area (Å²) in [4.78, 5) is 4.44. The first-order chi connectivity index (χ1) is 5.41. The highest BCUT2D eigenvalue weighted by molar-refractivity contribution is 5.93. The Morgan fingerprint density at radius 3 is 2.08 bits per heavy atom. The Bertz CT molecular complexity index is 214. The van der Waals surface area contributed by atoms with Crippen molar-refractivity contribution in [3.8, 4) is 0 Å². The molecule has 1 nitrogen and oxygen atoms in total. The van der Waals surface area contributed by atoms with Gasteiger partial charge in [0.05, 0.1) is 0 Å². The van der Waals surface area contributed by atoms with Crippen LogP contribution in [0.4, 0.5) is 0 Å². The van der Waals surface area contributed by atoms with Gasteiger partial charge in [0.2, 0.25) is 0 Å². The van der Waals surface area contributed by atoms with Gasteiger partial charge in [-0.25, -0.2) is 0 Å². The molecular weight excluding hydrogens is 146 g/mol. The van der Waals surface area contributed by atoms with Crippen LogP contribution in [0.1, 0.15) is 34.6 Å². The quantitative estimate of drug-likeness (QED) is 0.554. The third-order valence-corrected chi connectivity index (χ3v) is 1.63. The summed E-state index contributed by atoms with van der Waals surface area (Å²) in [6.45, 7) is 14.1. The Morgan fingerprint density at radius 1 is 1.33 bits per heavy atom. The van der Waals surface area contributed by atoms with Gasteiger partial charge in [-0.3, -0.25) is 4.99 Å². The van der Waals surface area contributed by atoms with Crippen LogP contribution < -0.4 is 0 Å². The second-order valence-corrected chi connectivity index (χ2v) is 3.88. The number of rotatable bonds is 2. The molecule has 0 bridgehead atoms. The third kappa shape index (κ3) is 3.51. The molecule has 0 amide bonds. The van der Waals surface area contributed by atoms with E-state index in [9.17, 15) is 0 Å². The van der Waals surface area contributed by atoms with E-state index in [0.717, 1.165) is 11.4 Å². The second-order valence-electron chi connectivity index (χ2n) is 3.88. The molecule has 12 heavy (non-hydrogen) atoms. The molecule has 0 radical (unpaired) electrons. The molecule has 1 heteroatoms. The summed E-state index contributed by atoms with van der Waals surface area (Å²) in [5, 5.41) is 0. The molecule has 0 spiro atoms. The van der Waals surface area contributed by atoms with Crippen LogP contribution in [0.25, 0.3) is 0 Å². The average Bonchev–Trinajstić information content (AvgIpc) is 1.97. The molecule has 0 aromatic heterocycles. The molecule has 0 aromatic carbocycles. The number of aliphatic imine (C=N–C) groups is 1. The van der Waals surface area contributed by atoms with E-state index >= 15 is 0 Å². The SMILES string of the molecule is C=C/C(C)=N\C(=C/C)C(C)(C)C. The van der Waals surface area contributed by atoms with E-state index in [-0.39, 0.29) is 5.41 Å². The molecule has 0 aliphatic carbocycles. The molecule has 0 fully saturated rings. The standard InChI is InChI=1S/C11H19N/c1-7-9(3)12-10(8-2)11(4,5)6/h7-8H,1H2,2-6H3/b10-8-,12-9-. The molecule has 0 aliphatic heterocycles. The Balaban J connectivity index is 4.74. The van der Waals surface area contributed by atoms with E-state index < -0.39 is 0 Å². The van der Waals surface area contributed by atoms with E-state index in [1.807, 2.05) is 19.9 Å².